The van der Waals surface area contributed by atoms with Gasteiger partial charge in [0.15, 0.2) is 0 Å². The number of imide groups is 1. The summed E-state index contributed by atoms with van der Waals surface area (Å²) in [5.41, 5.74) is 2.63. The second kappa shape index (κ2) is 6.32. The van der Waals surface area contributed by atoms with Gasteiger partial charge < -0.3 is 4.74 Å². The van der Waals surface area contributed by atoms with E-state index in [1.165, 1.54) is 0 Å². The minimum atomic E-state index is -0.381. The lowest BCUT2D eigenvalue weighted by atomic mass is 9.94. The Labute approximate surface area is 134 Å². The number of hydrogen-bond donors (Lipinski definition) is 1. The van der Waals surface area contributed by atoms with Crippen LogP contribution in [0.1, 0.15) is 21.5 Å². The van der Waals surface area contributed by atoms with E-state index in [2.05, 4.69) is 5.32 Å². The molecule has 2 amide bonds. The van der Waals surface area contributed by atoms with E-state index in [0.29, 0.717) is 16.7 Å². The molecular weight excluding hydrogens is 290 g/mol. The van der Waals surface area contributed by atoms with Crippen molar-refractivity contribution in [2.24, 2.45) is 0 Å². The molecule has 0 saturated carbocycles. The molecule has 0 spiro atoms. The molecule has 0 bridgehead atoms. The van der Waals surface area contributed by atoms with E-state index in [4.69, 9.17) is 4.74 Å². The van der Waals surface area contributed by atoms with E-state index < -0.39 is 0 Å². The molecule has 23 heavy (non-hydrogen) atoms. The molecule has 1 heterocycles. The van der Waals surface area contributed by atoms with Crippen LogP contribution in [0.2, 0.25) is 0 Å². The number of hydrogen-bond acceptors (Lipinski definition) is 3. The van der Waals surface area contributed by atoms with Gasteiger partial charge in [-0.1, -0.05) is 42.5 Å². The summed E-state index contributed by atoms with van der Waals surface area (Å²) in [7, 11) is 1.62. The van der Waals surface area contributed by atoms with Gasteiger partial charge in [-0.25, -0.2) is 0 Å². The summed E-state index contributed by atoms with van der Waals surface area (Å²) in [5, 5.41) is 2.35. The number of ether oxygens (including phenoxy) is 1. The van der Waals surface area contributed by atoms with Crippen LogP contribution in [0.25, 0.3) is 11.6 Å². The van der Waals surface area contributed by atoms with E-state index in [9.17, 15) is 9.59 Å². The molecule has 4 heteroatoms. The van der Waals surface area contributed by atoms with Crippen LogP contribution < -0.4 is 10.1 Å². The first-order chi connectivity index (χ1) is 11.2. The topological polar surface area (TPSA) is 55.4 Å². The first-order valence-corrected chi connectivity index (χ1v) is 7.16. The number of fused-ring (bicyclic) bond motifs is 1. The van der Waals surface area contributed by atoms with Gasteiger partial charge in [0.05, 0.1) is 7.11 Å². The lowest BCUT2D eigenvalue weighted by Crippen LogP contribution is -2.36. The predicted molar refractivity (Wildman–Crippen MR) is 88.9 cm³/mol. The third kappa shape index (κ3) is 3.06. The number of carbonyl (C=O) groups is 2. The number of carbonyl (C=O) groups excluding carboxylic acids is 2. The second-order valence-corrected chi connectivity index (χ2v) is 5.04. The Hall–Kier alpha value is -3.14. The highest BCUT2D eigenvalue weighted by Crippen LogP contribution is 2.24. The molecule has 0 radical (unpaired) electrons. The molecule has 2 aromatic carbocycles. The maximum absolute atomic E-state index is 12.0. The highest BCUT2D eigenvalue weighted by molar-refractivity contribution is 6.31. The Morgan fingerprint density at radius 1 is 0.913 bits per heavy atom. The van der Waals surface area contributed by atoms with Crippen LogP contribution in [0, 0.1) is 0 Å². The minimum Gasteiger partial charge on any atom is -0.497 e. The van der Waals surface area contributed by atoms with Gasteiger partial charge in [0.2, 0.25) is 0 Å². The molecular formula is C19H15NO3. The summed E-state index contributed by atoms with van der Waals surface area (Å²) in [6, 6.07) is 14.7. The molecule has 0 saturated heterocycles. The van der Waals surface area contributed by atoms with Crippen LogP contribution in [-0.4, -0.2) is 18.9 Å². The molecule has 1 aliphatic rings. The first-order valence-electron chi connectivity index (χ1n) is 7.16. The zero-order valence-electron chi connectivity index (χ0n) is 12.6. The quantitative estimate of drug-likeness (QED) is 0.700. The number of allylic oxidation sites excluding steroid dienone is 2. The molecule has 0 aliphatic carbocycles. The van der Waals surface area contributed by atoms with Crippen molar-refractivity contribution >= 4 is 23.5 Å². The summed E-state index contributed by atoms with van der Waals surface area (Å²) in [5.74, 6) is 0.0505. The van der Waals surface area contributed by atoms with E-state index >= 15 is 0 Å². The van der Waals surface area contributed by atoms with Crippen LogP contribution in [0.3, 0.4) is 0 Å². The second-order valence-electron chi connectivity index (χ2n) is 5.04. The Morgan fingerprint density at radius 2 is 1.61 bits per heavy atom. The normalized spacial score (nSPS) is 15.6. The molecule has 0 aromatic heterocycles. The molecule has 0 fully saturated rings. The van der Waals surface area contributed by atoms with E-state index in [-0.39, 0.29) is 11.8 Å². The molecule has 0 unspecified atom stereocenters. The fourth-order valence-corrected chi connectivity index (χ4v) is 2.41. The van der Waals surface area contributed by atoms with Gasteiger partial charge in [0.1, 0.15) is 5.75 Å². The third-order valence-electron chi connectivity index (χ3n) is 3.60. The average molecular weight is 305 g/mol. The van der Waals surface area contributed by atoms with Crippen molar-refractivity contribution in [3.05, 3.63) is 77.4 Å². The highest BCUT2D eigenvalue weighted by atomic mass is 16.5. The van der Waals surface area contributed by atoms with E-state index in [1.54, 1.807) is 37.5 Å². The first kappa shape index (κ1) is 14.8. The molecule has 1 aliphatic heterocycles. The zero-order chi connectivity index (χ0) is 16.2. The van der Waals surface area contributed by atoms with Gasteiger partial charge >= 0.3 is 0 Å². The fraction of sp³-hybridized carbons (Fsp3) is 0.0526. The Bertz CT molecular complexity index is 817. The van der Waals surface area contributed by atoms with Gasteiger partial charge in [0, 0.05) is 11.1 Å². The number of nitrogens with one attached hydrogen (secondary N) is 1. The summed E-state index contributed by atoms with van der Waals surface area (Å²) >= 11 is 0. The summed E-state index contributed by atoms with van der Waals surface area (Å²) < 4.78 is 5.11. The number of amides is 2. The molecule has 114 valence electrons. The Morgan fingerprint density at radius 3 is 2.30 bits per heavy atom. The monoisotopic (exact) mass is 305 g/mol. The SMILES string of the molecule is COc1ccc(C=CC=C2C(=O)NC(=O)c3ccccc32)cc1. The highest BCUT2D eigenvalue weighted by Gasteiger charge is 2.25. The van der Waals surface area contributed by atoms with Gasteiger partial charge in [-0.05, 0) is 35.4 Å². The van der Waals surface area contributed by atoms with E-state index in [1.807, 2.05) is 36.4 Å². The fourth-order valence-electron chi connectivity index (χ4n) is 2.41. The molecule has 3 rings (SSSR count). The Balaban J connectivity index is 1.89. The molecule has 4 nitrogen and oxygen atoms in total. The van der Waals surface area contributed by atoms with Gasteiger partial charge in [0.25, 0.3) is 11.8 Å². The predicted octanol–water partition coefficient (Wildman–Crippen LogP) is 3.06. The van der Waals surface area contributed by atoms with Crippen molar-refractivity contribution in [2.75, 3.05) is 7.11 Å². The van der Waals surface area contributed by atoms with Gasteiger partial charge in [-0.2, -0.15) is 0 Å². The van der Waals surface area contributed by atoms with Crippen LogP contribution in [-0.2, 0) is 4.79 Å². The maximum atomic E-state index is 12.0. The summed E-state index contributed by atoms with van der Waals surface area (Å²) in [6.07, 6.45) is 5.40. The lowest BCUT2D eigenvalue weighted by Gasteiger charge is -2.17. The van der Waals surface area contributed by atoms with Crippen molar-refractivity contribution in [1.29, 1.82) is 0 Å². The minimum absolute atomic E-state index is 0.359. The number of rotatable bonds is 3. The lowest BCUT2D eigenvalue weighted by molar-refractivity contribution is -0.114. The summed E-state index contributed by atoms with van der Waals surface area (Å²) in [6.45, 7) is 0. The Kier molecular flexibility index (Phi) is 4.06. The van der Waals surface area contributed by atoms with Crippen LogP contribution >= 0.6 is 0 Å². The average Bonchev–Trinajstić information content (AvgIpc) is 2.58. The largest absolute Gasteiger partial charge is 0.497 e. The standard InChI is InChI=1S/C19H15NO3/c1-23-14-11-9-13(10-12-14)5-4-8-17-15-6-2-3-7-16(15)18(21)20-19(17)22/h2-12H,1H3,(H,20,21,22). The third-order valence-corrected chi connectivity index (χ3v) is 3.60. The van der Waals surface area contributed by atoms with Crippen molar-refractivity contribution in [1.82, 2.24) is 5.32 Å². The van der Waals surface area contributed by atoms with Gasteiger partial charge in [-0.15, -0.1) is 0 Å². The smallest absolute Gasteiger partial charge is 0.258 e. The van der Waals surface area contributed by atoms with Crippen LogP contribution in [0.15, 0.2) is 60.7 Å². The van der Waals surface area contributed by atoms with Crippen LogP contribution in [0.4, 0.5) is 0 Å². The van der Waals surface area contributed by atoms with Crippen molar-refractivity contribution < 1.29 is 14.3 Å². The maximum Gasteiger partial charge on any atom is 0.258 e. The molecule has 2 aromatic rings. The summed E-state index contributed by atoms with van der Waals surface area (Å²) in [4.78, 5) is 23.9. The number of methoxy groups -OCH3 is 1. The molecule has 0 atom stereocenters. The number of benzene rings is 2. The zero-order valence-corrected chi connectivity index (χ0v) is 12.6. The van der Waals surface area contributed by atoms with Gasteiger partial charge in [-0.3, -0.25) is 14.9 Å². The molecule has 1 N–H and O–H groups in total. The van der Waals surface area contributed by atoms with Crippen molar-refractivity contribution in [2.45, 2.75) is 0 Å². The van der Waals surface area contributed by atoms with E-state index in [0.717, 1.165) is 11.3 Å². The van der Waals surface area contributed by atoms with Crippen molar-refractivity contribution in [3.8, 4) is 5.75 Å². The van der Waals surface area contributed by atoms with Crippen molar-refractivity contribution in [3.63, 3.8) is 0 Å². The van der Waals surface area contributed by atoms with Crippen LogP contribution in [0.5, 0.6) is 5.75 Å².